The number of carbonyl (C=O) groups is 2. The Hall–Kier alpha value is -3.40. The molecule has 5 rings (SSSR count). The van der Waals surface area contributed by atoms with Crippen molar-refractivity contribution in [3.05, 3.63) is 94.4 Å². The smallest absolute Gasteiger partial charge is 0.289 e. The van der Waals surface area contributed by atoms with Crippen LogP contribution in [0.4, 0.5) is 9.18 Å². The quantitative estimate of drug-likeness (QED) is 0.140. The van der Waals surface area contributed by atoms with Crippen LogP contribution in [0.3, 0.4) is 0 Å². The number of thiophene rings is 1. The van der Waals surface area contributed by atoms with Gasteiger partial charge in [-0.15, -0.1) is 0 Å². The third-order valence-corrected chi connectivity index (χ3v) is 9.18. The average Bonchev–Trinajstić information content (AvgIpc) is 3.43. The summed E-state index contributed by atoms with van der Waals surface area (Å²) in [4.78, 5) is 23.2. The first-order chi connectivity index (χ1) is 19.4. The third kappa shape index (κ3) is 6.01. The lowest BCUT2D eigenvalue weighted by Gasteiger charge is -2.15. The normalized spacial score (nSPS) is 17.3. The van der Waals surface area contributed by atoms with E-state index < -0.39 is 26.9 Å². The number of ether oxygens (including phenoxy) is 2. The van der Waals surface area contributed by atoms with E-state index in [1.165, 1.54) is 17.7 Å². The Morgan fingerprint density at radius 2 is 1.70 bits per heavy atom. The fourth-order valence-corrected chi connectivity index (χ4v) is 7.12. The van der Waals surface area contributed by atoms with Crippen LogP contribution in [0.2, 0.25) is 0 Å². The fourth-order valence-electron chi connectivity index (χ4n) is 4.84. The molecule has 6 nitrogen and oxygen atoms in total. The largest absolute Gasteiger partial charge is 0.590 e. The van der Waals surface area contributed by atoms with Gasteiger partial charge in [-0.1, -0.05) is 55.8 Å². The molecular weight excluding hydrogens is 549 g/mol. The molecule has 208 valence electrons. The van der Waals surface area contributed by atoms with Crippen molar-refractivity contribution < 1.29 is 28.0 Å². The lowest BCUT2D eigenvalue weighted by Crippen LogP contribution is -2.30. The van der Waals surface area contributed by atoms with Gasteiger partial charge in [-0.25, -0.2) is 4.39 Å². The number of fused-ring (bicyclic) bond motifs is 1. The summed E-state index contributed by atoms with van der Waals surface area (Å²) < 4.78 is 40.8. The number of alkyl halides is 1. The van der Waals surface area contributed by atoms with E-state index >= 15 is 0 Å². The van der Waals surface area contributed by atoms with Crippen molar-refractivity contribution in [2.75, 3.05) is 13.2 Å². The maximum absolute atomic E-state index is 14.9. The number of thioether (sulfide) groups is 1. The maximum Gasteiger partial charge on any atom is 0.289 e. The summed E-state index contributed by atoms with van der Waals surface area (Å²) in [7, 11) is -1.19. The van der Waals surface area contributed by atoms with Crippen LogP contribution in [-0.4, -0.2) is 28.9 Å². The van der Waals surface area contributed by atoms with Crippen molar-refractivity contribution in [1.29, 1.82) is 0 Å². The van der Waals surface area contributed by atoms with Crippen LogP contribution in [-0.2, 0) is 29.1 Å². The summed E-state index contributed by atoms with van der Waals surface area (Å²) in [6.45, 7) is 2.89. The highest BCUT2D eigenvalue weighted by Crippen LogP contribution is 2.43. The van der Waals surface area contributed by atoms with Crippen molar-refractivity contribution in [1.82, 2.24) is 5.32 Å². The second-order valence-corrected chi connectivity index (χ2v) is 12.0. The summed E-state index contributed by atoms with van der Waals surface area (Å²) in [5, 5.41) is 1.79. The van der Waals surface area contributed by atoms with Crippen molar-refractivity contribution >= 4 is 43.7 Å². The zero-order valence-corrected chi connectivity index (χ0v) is 23.7. The first-order valence-corrected chi connectivity index (χ1v) is 15.3. The minimum atomic E-state index is -2.42. The summed E-state index contributed by atoms with van der Waals surface area (Å²) in [6, 6.07) is 20.4. The van der Waals surface area contributed by atoms with Gasteiger partial charge < -0.3 is 14.0 Å². The van der Waals surface area contributed by atoms with Crippen molar-refractivity contribution in [3.8, 4) is 11.5 Å². The van der Waals surface area contributed by atoms with Gasteiger partial charge in [0.2, 0.25) is 0 Å². The number of carbonyl (C=O) groups excluding carboxylic acids is 2. The molecule has 0 radical (unpaired) electrons. The zero-order chi connectivity index (χ0) is 28.1. The Morgan fingerprint density at radius 3 is 2.40 bits per heavy atom. The molecule has 1 saturated heterocycles. The number of rotatable bonds is 12. The Labute approximate surface area is 239 Å². The first kappa shape index (κ1) is 28.1. The lowest BCUT2D eigenvalue weighted by atomic mass is 10.0. The average molecular weight is 580 g/mol. The number of imide groups is 1. The molecule has 3 aromatic carbocycles. The van der Waals surface area contributed by atoms with Crippen LogP contribution >= 0.6 is 22.5 Å². The molecule has 2 heterocycles. The number of benzene rings is 3. The number of aryl methyl sites for hydroxylation is 3. The van der Waals surface area contributed by atoms with E-state index in [2.05, 4.69) is 19.1 Å². The Balaban J connectivity index is 1.18. The number of nitrogens with one attached hydrogen (secondary N) is 1. The molecule has 1 fully saturated rings. The summed E-state index contributed by atoms with van der Waals surface area (Å²) in [6.07, 6.45) is 4.04. The van der Waals surface area contributed by atoms with Gasteiger partial charge in [0.25, 0.3) is 16.1 Å². The maximum atomic E-state index is 14.9. The van der Waals surface area contributed by atoms with Crippen molar-refractivity contribution in [2.24, 2.45) is 0 Å². The molecule has 1 aromatic heterocycles. The molecule has 1 N–H and O–H groups in total. The van der Waals surface area contributed by atoms with Crippen LogP contribution in [0.25, 0.3) is 10.1 Å². The van der Waals surface area contributed by atoms with E-state index in [1.54, 1.807) is 12.1 Å². The van der Waals surface area contributed by atoms with Gasteiger partial charge in [0, 0.05) is 22.9 Å². The first-order valence-electron chi connectivity index (χ1n) is 13.3. The van der Waals surface area contributed by atoms with Gasteiger partial charge in [0.15, 0.2) is 4.70 Å². The van der Waals surface area contributed by atoms with E-state index in [1.807, 2.05) is 41.0 Å². The minimum Gasteiger partial charge on any atom is -0.590 e. The Kier molecular flexibility index (Phi) is 8.73. The van der Waals surface area contributed by atoms with Crippen molar-refractivity contribution in [2.45, 2.75) is 44.0 Å². The molecule has 2 atom stereocenters. The molecule has 9 heteroatoms. The molecule has 0 aliphatic carbocycles. The monoisotopic (exact) mass is 579 g/mol. The number of halogens is 1. The predicted molar refractivity (Wildman–Crippen MR) is 156 cm³/mol. The molecule has 1 aliphatic heterocycles. The van der Waals surface area contributed by atoms with E-state index in [0.717, 1.165) is 52.6 Å². The second kappa shape index (κ2) is 12.4. The predicted octanol–water partition coefficient (Wildman–Crippen LogP) is 7.26. The van der Waals surface area contributed by atoms with Crippen LogP contribution in [0.15, 0.2) is 72.1 Å². The molecule has 0 bridgehead atoms. The Morgan fingerprint density at radius 1 is 0.950 bits per heavy atom. The number of amides is 2. The standard InChI is InChI=1S/C31H30FNO5S2/c1-2-7-26-27(17-16-25-22(20-40(36)28(25)26)11-10-21-8-4-3-5-9-21)38-19-6-18-37-24-14-12-23(13-15-24)31(32)29(34)33-30(35)39-31/h3-5,8-9,12-17,20H,2,6-7,10-11,18-19H2,1H3,(H,33,34,35). The highest BCUT2D eigenvalue weighted by Gasteiger charge is 2.50. The fraction of sp³-hybridized carbons (Fsp3) is 0.290. The van der Waals surface area contributed by atoms with Crippen LogP contribution in [0, 0.1) is 0 Å². The zero-order valence-electron chi connectivity index (χ0n) is 22.1. The molecule has 1 aliphatic rings. The van der Waals surface area contributed by atoms with Gasteiger partial charge in [-0.3, -0.25) is 14.9 Å². The Bertz CT molecular complexity index is 1510. The molecular formula is C31H30FNO5S2. The third-order valence-electron chi connectivity index (χ3n) is 6.82. The molecule has 2 unspecified atom stereocenters. The summed E-state index contributed by atoms with van der Waals surface area (Å²) in [5.41, 5.74) is 3.48. The van der Waals surface area contributed by atoms with Crippen molar-refractivity contribution in [3.63, 3.8) is 0 Å². The number of hydrogen-bond donors (Lipinski definition) is 1. The molecule has 2 amide bonds. The van der Waals surface area contributed by atoms with E-state index in [4.69, 9.17) is 9.47 Å². The highest BCUT2D eigenvalue weighted by molar-refractivity contribution is 8.15. The van der Waals surface area contributed by atoms with Crippen LogP contribution in [0.5, 0.6) is 11.5 Å². The SMILES string of the molecule is CCCc1c(OCCCOc2ccc(C3(F)SC(=O)NC3=O)cc2)ccc2c(CCc3ccccc3)c[s+]([O-])c12. The topological polar surface area (TPSA) is 87.7 Å². The van der Waals surface area contributed by atoms with Gasteiger partial charge >= 0.3 is 0 Å². The molecule has 40 heavy (non-hydrogen) atoms. The van der Waals surface area contributed by atoms with Gasteiger partial charge in [0.05, 0.1) is 18.8 Å². The highest BCUT2D eigenvalue weighted by atomic mass is 32.2. The van der Waals surface area contributed by atoms with Gasteiger partial charge in [0.1, 0.15) is 16.9 Å². The summed E-state index contributed by atoms with van der Waals surface area (Å²) in [5.74, 6) is 0.312. The molecule has 4 aromatic rings. The van der Waals surface area contributed by atoms with Crippen LogP contribution in [0.1, 0.15) is 42.0 Å². The molecule has 0 spiro atoms. The van der Waals surface area contributed by atoms with Gasteiger partial charge in [-0.2, -0.15) is 0 Å². The van der Waals surface area contributed by atoms with E-state index in [-0.39, 0.29) is 5.56 Å². The minimum absolute atomic E-state index is 0.0895. The molecule has 0 saturated carbocycles. The van der Waals surface area contributed by atoms with E-state index in [0.29, 0.717) is 37.1 Å². The second-order valence-electron chi connectivity index (χ2n) is 9.61. The van der Waals surface area contributed by atoms with Gasteiger partial charge in [-0.05, 0) is 71.6 Å². The van der Waals surface area contributed by atoms with E-state index in [9.17, 15) is 18.5 Å². The summed E-state index contributed by atoms with van der Waals surface area (Å²) >= 11 is 0.325. The lowest BCUT2D eigenvalue weighted by molar-refractivity contribution is -0.126. The number of hydrogen-bond acceptors (Lipinski definition) is 6. The van der Waals surface area contributed by atoms with Crippen LogP contribution < -0.4 is 14.8 Å².